The smallest absolute Gasteiger partial charge is 0.143 e. The van der Waals surface area contributed by atoms with Gasteiger partial charge >= 0.3 is 0 Å². The summed E-state index contributed by atoms with van der Waals surface area (Å²) in [6.45, 7) is 2.28. The lowest BCUT2D eigenvalue weighted by Crippen LogP contribution is -1.97. The van der Waals surface area contributed by atoms with Crippen LogP contribution in [0.3, 0.4) is 0 Å². The summed E-state index contributed by atoms with van der Waals surface area (Å²) in [6, 6.07) is 52.8. The second kappa shape index (κ2) is 13.0. The highest BCUT2D eigenvalue weighted by Crippen LogP contribution is 2.49. The first-order valence-electron chi connectivity index (χ1n) is 19.9. The van der Waals surface area contributed by atoms with Gasteiger partial charge in [0.1, 0.15) is 28.1 Å². The van der Waals surface area contributed by atoms with Crippen molar-refractivity contribution in [3.05, 3.63) is 151 Å². The molecule has 0 N–H and O–H groups in total. The molecule has 2 aromatic heterocycles. The minimum absolute atomic E-state index is 0.843. The van der Waals surface area contributed by atoms with Gasteiger partial charge in [-0.15, -0.1) is 0 Å². The second-order valence-corrected chi connectivity index (χ2v) is 15.2. The van der Waals surface area contributed by atoms with Gasteiger partial charge in [0, 0.05) is 32.7 Å². The first-order valence-corrected chi connectivity index (χ1v) is 19.9. The largest absolute Gasteiger partial charge is 0.497 e. The van der Waals surface area contributed by atoms with E-state index in [-0.39, 0.29) is 0 Å². The van der Waals surface area contributed by atoms with E-state index in [1.165, 1.54) is 73.8 Å². The van der Waals surface area contributed by atoms with Crippen molar-refractivity contribution in [1.29, 1.82) is 0 Å². The molecular formula is C53H40O3. The average Bonchev–Trinajstić information content (AvgIpc) is 3.83. The van der Waals surface area contributed by atoms with Crippen molar-refractivity contribution in [2.75, 3.05) is 7.11 Å². The van der Waals surface area contributed by atoms with Crippen LogP contribution in [0, 0.1) is 0 Å². The Morgan fingerprint density at radius 2 is 1.02 bits per heavy atom. The molecule has 270 valence electrons. The highest BCUT2D eigenvalue weighted by molar-refractivity contribution is 6.31. The van der Waals surface area contributed by atoms with Gasteiger partial charge in [0.05, 0.1) is 7.11 Å². The van der Waals surface area contributed by atoms with Gasteiger partial charge < -0.3 is 13.6 Å². The molecule has 0 fully saturated rings. The summed E-state index contributed by atoms with van der Waals surface area (Å²) in [6.07, 6.45) is 5.87. The molecule has 0 unspecified atom stereocenters. The molecule has 11 aromatic rings. The third kappa shape index (κ3) is 4.97. The van der Waals surface area contributed by atoms with Gasteiger partial charge in [-0.1, -0.05) is 135 Å². The van der Waals surface area contributed by atoms with Crippen LogP contribution >= 0.6 is 0 Å². The highest BCUT2D eigenvalue weighted by Gasteiger charge is 2.23. The van der Waals surface area contributed by atoms with Crippen LogP contribution in [0.25, 0.3) is 110 Å². The van der Waals surface area contributed by atoms with Crippen LogP contribution in [0.1, 0.15) is 38.2 Å². The van der Waals surface area contributed by atoms with Crippen molar-refractivity contribution in [2.24, 2.45) is 0 Å². The number of rotatable bonds is 9. The molecule has 0 aliphatic heterocycles. The van der Waals surface area contributed by atoms with Gasteiger partial charge in [0.25, 0.3) is 0 Å². The number of aryl methyl sites for hydroxylation is 1. The van der Waals surface area contributed by atoms with Crippen LogP contribution in [0.2, 0.25) is 0 Å². The number of fused-ring (bicyclic) bond motifs is 6. The van der Waals surface area contributed by atoms with E-state index in [1.54, 1.807) is 7.11 Å². The third-order valence-electron chi connectivity index (χ3n) is 12.1. The van der Waals surface area contributed by atoms with Crippen LogP contribution in [-0.2, 0) is 6.42 Å². The molecule has 0 aliphatic rings. The lowest BCUT2D eigenvalue weighted by Gasteiger charge is -2.22. The fourth-order valence-electron chi connectivity index (χ4n) is 9.39. The van der Waals surface area contributed by atoms with Crippen molar-refractivity contribution in [1.82, 2.24) is 0 Å². The maximum absolute atomic E-state index is 6.74. The Morgan fingerprint density at radius 3 is 1.68 bits per heavy atom. The molecule has 0 saturated carbocycles. The minimum Gasteiger partial charge on any atom is -0.497 e. The number of hydrogen-bond donors (Lipinski definition) is 0. The van der Waals surface area contributed by atoms with Crippen molar-refractivity contribution in [3.8, 4) is 39.1 Å². The predicted octanol–water partition coefficient (Wildman–Crippen LogP) is 15.5. The van der Waals surface area contributed by atoms with Gasteiger partial charge in [-0.3, -0.25) is 0 Å². The number of furan rings is 2. The average molecular weight is 725 g/mol. The Kier molecular flexibility index (Phi) is 7.63. The zero-order valence-electron chi connectivity index (χ0n) is 31.6. The van der Waals surface area contributed by atoms with Crippen LogP contribution in [0.15, 0.2) is 154 Å². The number of methoxy groups -OCH3 is 1. The molecule has 0 saturated heterocycles. The molecule has 3 heteroatoms. The summed E-state index contributed by atoms with van der Waals surface area (Å²) >= 11 is 0. The molecule has 3 nitrogen and oxygen atoms in total. The molecule has 0 spiro atoms. The number of hydrogen-bond acceptors (Lipinski definition) is 3. The molecule has 56 heavy (non-hydrogen) atoms. The van der Waals surface area contributed by atoms with E-state index in [0.29, 0.717) is 0 Å². The Bertz CT molecular complexity index is 3270. The van der Waals surface area contributed by atoms with Crippen molar-refractivity contribution in [3.63, 3.8) is 0 Å². The summed E-state index contributed by atoms with van der Waals surface area (Å²) < 4.78 is 19.0. The topological polar surface area (TPSA) is 35.5 Å². The van der Waals surface area contributed by atoms with Gasteiger partial charge in [-0.05, 0) is 109 Å². The third-order valence-corrected chi connectivity index (χ3v) is 12.1. The number of unbranched alkanes of at least 4 members (excludes halogenated alkanes) is 3. The maximum atomic E-state index is 6.74. The fraction of sp³-hybridized carbons (Fsp3) is 0.132. The molecule has 9 aromatic carbocycles. The summed E-state index contributed by atoms with van der Waals surface area (Å²) in [5.74, 6) is 0.843. The quantitative estimate of drug-likeness (QED) is 0.110. The first kappa shape index (κ1) is 32.8. The number of ether oxygens (including phenoxy) is 1. The lowest BCUT2D eigenvalue weighted by atomic mass is 9.81. The normalized spacial score (nSPS) is 12.1. The molecule has 0 aliphatic carbocycles. The monoisotopic (exact) mass is 724 g/mol. The van der Waals surface area contributed by atoms with E-state index in [2.05, 4.69) is 146 Å². The van der Waals surface area contributed by atoms with Crippen molar-refractivity contribution < 1.29 is 13.6 Å². The zero-order valence-corrected chi connectivity index (χ0v) is 31.6. The van der Waals surface area contributed by atoms with E-state index < -0.39 is 0 Å². The van der Waals surface area contributed by atoms with Crippen LogP contribution in [0.5, 0.6) is 5.75 Å². The Morgan fingerprint density at radius 1 is 0.429 bits per heavy atom. The van der Waals surface area contributed by atoms with Gasteiger partial charge in [-0.25, -0.2) is 0 Å². The summed E-state index contributed by atoms with van der Waals surface area (Å²) in [5, 5.41) is 12.2. The number of benzene rings is 9. The molecule has 2 heterocycles. The SMILES string of the molecule is CCCCCCc1cc2c(-c3cccc4c3oc3ccccc34)cc(-c3ccc(OC)cc3)c3ccc4c(-c5cccc6c5oc5ccccc56)ccc1c4c32. The van der Waals surface area contributed by atoms with Gasteiger partial charge in [-0.2, -0.15) is 0 Å². The van der Waals surface area contributed by atoms with E-state index in [9.17, 15) is 0 Å². The lowest BCUT2D eigenvalue weighted by molar-refractivity contribution is 0.415. The molecule has 0 atom stereocenters. The fourth-order valence-corrected chi connectivity index (χ4v) is 9.39. The molecule has 0 radical (unpaired) electrons. The van der Waals surface area contributed by atoms with E-state index in [4.69, 9.17) is 13.6 Å². The van der Waals surface area contributed by atoms with Crippen LogP contribution < -0.4 is 4.74 Å². The molecular weight excluding hydrogens is 685 g/mol. The zero-order chi connectivity index (χ0) is 37.3. The van der Waals surface area contributed by atoms with Crippen LogP contribution in [0.4, 0.5) is 0 Å². The highest BCUT2D eigenvalue weighted by atomic mass is 16.5. The van der Waals surface area contributed by atoms with Crippen LogP contribution in [-0.4, -0.2) is 7.11 Å². The van der Waals surface area contributed by atoms with E-state index in [1.807, 2.05) is 6.07 Å². The standard InChI is InChI=1S/C53H40O3/c1-3-4-5-6-13-33-30-47-46(44-19-12-18-43-38-15-8-10-21-49(38)56-53(43)44)31-45(32-22-24-34(54-2)25-23-32)40-29-28-39-36(27-26-35(33)50(39)51(40)47)41-16-11-17-42-37-14-7-9-20-48(37)55-52(41)42/h7-12,14-31H,3-6,13H2,1-2H3. The van der Waals surface area contributed by atoms with Gasteiger partial charge in [0.2, 0.25) is 0 Å². The Hall–Kier alpha value is -6.58. The molecule has 0 bridgehead atoms. The minimum atomic E-state index is 0.843. The van der Waals surface area contributed by atoms with E-state index >= 15 is 0 Å². The number of para-hydroxylation sites is 4. The second-order valence-electron chi connectivity index (χ2n) is 15.2. The Balaban J connectivity index is 1.27. The maximum Gasteiger partial charge on any atom is 0.143 e. The first-order chi connectivity index (χ1) is 27.7. The summed E-state index contributed by atoms with van der Waals surface area (Å²) in [7, 11) is 1.72. The van der Waals surface area contributed by atoms with E-state index in [0.717, 1.165) is 79.2 Å². The molecule has 11 rings (SSSR count). The Labute approximate surface area is 325 Å². The summed E-state index contributed by atoms with van der Waals surface area (Å²) in [5.41, 5.74) is 12.0. The predicted molar refractivity (Wildman–Crippen MR) is 235 cm³/mol. The van der Waals surface area contributed by atoms with Gasteiger partial charge in [0.15, 0.2) is 0 Å². The van der Waals surface area contributed by atoms with Crippen molar-refractivity contribution in [2.45, 2.75) is 39.0 Å². The summed E-state index contributed by atoms with van der Waals surface area (Å²) in [4.78, 5) is 0. The molecule has 0 amide bonds. The van der Waals surface area contributed by atoms with Crippen molar-refractivity contribution >= 4 is 76.2 Å².